The van der Waals surface area contributed by atoms with Gasteiger partial charge in [-0.3, -0.25) is 0 Å². The number of aromatic nitrogens is 8. The van der Waals surface area contributed by atoms with E-state index in [9.17, 15) is 0 Å². The average molecular weight is 460 g/mol. The number of benzene rings is 2. The average Bonchev–Trinajstić information content (AvgIpc) is 3.61. The molecule has 0 amide bonds. The number of hydrogen-bond donors (Lipinski definition) is 2. The van der Waals surface area contributed by atoms with Crippen LogP contribution in [-0.2, 0) is 13.0 Å². The lowest BCUT2D eigenvalue weighted by molar-refractivity contribution is 0.559. The van der Waals surface area contributed by atoms with Gasteiger partial charge in [0.05, 0.1) is 29.1 Å². The molecule has 0 aliphatic heterocycles. The number of nitrogens with one attached hydrogen (secondary N) is 2. The van der Waals surface area contributed by atoms with Crippen LogP contribution >= 0.6 is 23.1 Å². The van der Waals surface area contributed by atoms with Crippen molar-refractivity contribution in [2.45, 2.75) is 19.0 Å². The van der Waals surface area contributed by atoms with Gasteiger partial charge in [0, 0.05) is 23.5 Å². The lowest BCUT2D eigenvalue weighted by atomic mass is 10.0. The normalized spacial score (nSPS) is 12.5. The Morgan fingerprint density at radius 2 is 1.97 bits per heavy atom. The molecule has 6 rings (SSSR count). The van der Waals surface area contributed by atoms with Crippen molar-refractivity contribution in [3.8, 4) is 0 Å². The first-order chi connectivity index (χ1) is 15.8. The summed E-state index contributed by atoms with van der Waals surface area (Å²) in [5, 5.41) is 18.4. The van der Waals surface area contributed by atoms with E-state index in [4.69, 9.17) is 0 Å². The van der Waals surface area contributed by atoms with Crippen molar-refractivity contribution < 1.29 is 0 Å². The van der Waals surface area contributed by atoms with Crippen molar-refractivity contribution in [3.63, 3.8) is 0 Å². The summed E-state index contributed by atoms with van der Waals surface area (Å²) in [6.07, 6.45) is 2.57. The molecule has 0 saturated heterocycles. The molecule has 158 valence electrons. The molecule has 0 spiro atoms. The summed E-state index contributed by atoms with van der Waals surface area (Å²) in [7, 11) is 0. The first kappa shape index (κ1) is 19.0. The highest BCUT2D eigenvalue weighted by atomic mass is 32.1. The van der Waals surface area contributed by atoms with Crippen molar-refractivity contribution in [1.29, 1.82) is 0 Å². The van der Waals surface area contributed by atoms with Gasteiger partial charge >= 0.3 is 0 Å². The van der Waals surface area contributed by atoms with E-state index in [-0.39, 0.29) is 6.04 Å². The lowest BCUT2D eigenvalue weighted by Gasteiger charge is -2.20. The quantitative estimate of drug-likeness (QED) is 0.370. The van der Waals surface area contributed by atoms with Gasteiger partial charge in [-0.1, -0.05) is 12.1 Å². The molecule has 6 aromatic rings. The van der Waals surface area contributed by atoms with Gasteiger partial charge in [0.1, 0.15) is 17.1 Å². The van der Waals surface area contributed by atoms with E-state index in [1.807, 2.05) is 35.0 Å². The minimum absolute atomic E-state index is 0.264. The maximum absolute atomic E-state index is 4.41. The number of anilines is 1. The number of imidazole rings is 1. The maximum atomic E-state index is 4.41. The minimum atomic E-state index is -0.264. The molecule has 1 atom stereocenters. The molecule has 0 saturated carbocycles. The monoisotopic (exact) mass is 459 g/mol. The van der Waals surface area contributed by atoms with Crippen molar-refractivity contribution in [3.05, 3.63) is 76.5 Å². The van der Waals surface area contributed by atoms with E-state index in [0.717, 1.165) is 45.6 Å². The molecule has 0 aliphatic rings. The summed E-state index contributed by atoms with van der Waals surface area (Å²) < 4.78 is 10.6. The third-order valence-electron chi connectivity index (χ3n) is 5.31. The maximum Gasteiger partial charge on any atom is 0.178 e. The smallest absolute Gasteiger partial charge is 0.178 e. The molecule has 1 unspecified atom stereocenters. The highest BCUT2D eigenvalue weighted by Crippen LogP contribution is 2.29. The molecule has 0 bridgehead atoms. The Bertz CT molecular complexity index is 1480. The second-order valence-corrected chi connectivity index (χ2v) is 8.87. The van der Waals surface area contributed by atoms with Crippen molar-refractivity contribution in [1.82, 2.24) is 38.9 Å². The lowest BCUT2D eigenvalue weighted by Crippen LogP contribution is -2.19. The summed E-state index contributed by atoms with van der Waals surface area (Å²) in [5.41, 5.74) is 5.58. The van der Waals surface area contributed by atoms with Crippen LogP contribution in [0, 0.1) is 0 Å². The topological polar surface area (TPSA) is 110 Å². The number of aryl methyl sites for hydroxylation is 2. The molecular weight excluding hydrogens is 442 g/mol. The van der Waals surface area contributed by atoms with Crippen LogP contribution < -0.4 is 5.32 Å². The predicted molar refractivity (Wildman–Crippen MR) is 125 cm³/mol. The van der Waals surface area contributed by atoms with Gasteiger partial charge in [0.25, 0.3) is 0 Å². The van der Waals surface area contributed by atoms with Crippen LogP contribution in [0.2, 0.25) is 0 Å². The van der Waals surface area contributed by atoms with Gasteiger partial charge in [0.15, 0.2) is 5.82 Å². The second kappa shape index (κ2) is 8.09. The molecule has 2 N–H and O–H groups in total. The fourth-order valence-electron chi connectivity index (χ4n) is 3.72. The van der Waals surface area contributed by atoms with E-state index in [1.165, 1.54) is 16.6 Å². The van der Waals surface area contributed by atoms with Gasteiger partial charge in [-0.25, -0.2) is 9.67 Å². The zero-order valence-electron chi connectivity index (χ0n) is 16.7. The number of H-pyrrole nitrogens is 1. The zero-order valence-corrected chi connectivity index (χ0v) is 18.3. The van der Waals surface area contributed by atoms with Gasteiger partial charge in [-0.15, -0.1) is 16.4 Å². The molecule has 0 radical (unpaired) electrons. The van der Waals surface area contributed by atoms with Crippen molar-refractivity contribution in [2.75, 3.05) is 5.32 Å². The van der Waals surface area contributed by atoms with Crippen LogP contribution in [0.25, 0.3) is 22.1 Å². The van der Waals surface area contributed by atoms with E-state index in [0.29, 0.717) is 6.54 Å². The first-order valence-corrected chi connectivity index (χ1v) is 11.6. The van der Waals surface area contributed by atoms with Gasteiger partial charge in [0.2, 0.25) is 0 Å². The largest absolute Gasteiger partial charge is 0.371 e. The van der Waals surface area contributed by atoms with E-state index >= 15 is 0 Å². The highest BCUT2D eigenvalue weighted by Gasteiger charge is 2.22. The number of rotatable bonds is 7. The number of tetrazole rings is 1. The minimum Gasteiger partial charge on any atom is -0.371 e. The number of fused-ring (bicyclic) bond motifs is 2. The Morgan fingerprint density at radius 1 is 1.03 bits per heavy atom. The fraction of sp³-hybridized carbons (Fsp3) is 0.143. The van der Waals surface area contributed by atoms with Crippen LogP contribution in [0.15, 0.2) is 60.2 Å². The number of nitrogens with zero attached hydrogens (tertiary/aromatic N) is 7. The third-order valence-corrected chi connectivity index (χ3v) is 6.80. The van der Waals surface area contributed by atoms with Crippen LogP contribution in [0.3, 0.4) is 0 Å². The molecule has 9 nitrogen and oxygen atoms in total. The SMILES string of the molecule is c1csc(CCn2nnnc2C(Nc2ccc3nc[nH]c3c2)c2ccc3nsnc3c2)c1. The van der Waals surface area contributed by atoms with Gasteiger partial charge in [-0.05, 0) is 57.8 Å². The van der Waals surface area contributed by atoms with Crippen LogP contribution in [-0.4, -0.2) is 38.9 Å². The van der Waals surface area contributed by atoms with E-state index in [2.05, 4.69) is 63.1 Å². The third kappa shape index (κ3) is 3.61. The second-order valence-electron chi connectivity index (χ2n) is 7.31. The molecule has 0 aliphatic carbocycles. The Morgan fingerprint density at radius 3 is 2.91 bits per heavy atom. The number of hydrogen-bond acceptors (Lipinski definition) is 9. The molecule has 4 heterocycles. The van der Waals surface area contributed by atoms with E-state index < -0.39 is 0 Å². The summed E-state index contributed by atoms with van der Waals surface area (Å²) in [5.74, 6) is 0.744. The summed E-state index contributed by atoms with van der Waals surface area (Å²) in [4.78, 5) is 8.77. The van der Waals surface area contributed by atoms with Crippen LogP contribution in [0.5, 0.6) is 0 Å². The summed E-state index contributed by atoms with van der Waals surface area (Å²) in [6.45, 7) is 0.696. The Kier molecular flexibility index (Phi) is 4.81. The Hall–Kier alpha value is -3.70. The Labute approximate surface area is 190 Å². The van der Waals surface area contributed by atoms with Gasteiger partial charge in [-0.2, -0.15) is 8.75 Å². The molecule has 4 aromatic heterocycles. The summed E-state index contributed by atoms with van der Waals surface area (Å²) in [6, 6.07) is 16.1. The molecule has 0 fully saturated rings. The molecule has 2 aromatic carbocycles. The standard InChI is InChI=1S/C21H17N9S2/c1-2-15(31-9-1)7-8-30-21(25-28-29-30)20(13-3-5-17-19(10-13)27-32-26-17)24-14-4-6-16-18(11-14)23-12-22-16/h1-6,9-12,20,24H,7-8H2,(H,22,23). The van der Waals surface area contributed by atoms with Crippen molar-refractivity contribution in [2.24, 2.45) is 0 Å². The zero-order chi connectivity index (χ0) is 21.3. The first-order valence-electron chi connectivity index (χ1n) is 10.0. The number of aromatic amines is 1. The predicted octanol–water partition coefficient (Wildman–Crippen LogP) is 4.06. The summed E-state index contributed by atoms with van der Waals surface area (Å²) >= 11 is 2.95. The van der Waals surface area contributed by atoms with Crippen LogP contribution in [0.1, 0.15) is 22.3 Å². The number of thiophene rings is 1. The van der Waals surface area contributed by atoms with Crippen molar-refractivity contribution >= 4 is 50.8 Å². The van der Waals surface area contributed by atoms with Crippen LogP contribution in [0.4, 0.5) is 5.69 Å². The van der Waals surface area contributed by atoms with E-state index in [1.54, 1.807) is 17.7 Å². The Balaban J connectivity index is 1.38. The van der Waals surface area contributed by atoms with Gasteiger partial charge < -0.3 is 10.3 Å². The highest BCUT2D eigenvalue weighted by molar-refractivity contribution is 7.09. The molecular formula is C21H17N9S2. The molecule has 11 heteroatoms. The molecule has 32 heavy (non-hydrogen) atoms. The fourth-order valence-corrected chi connectivity index (χ4v) is 4.93.